The van der Waals surface area contributed by atoms with Crippen LogP contribution in [0.15, 0.2) is 18.7 Å². The lowest BCUT2D eigenvalue weighted by molar-refractivity contribution is -0.136. The van der Waals surface area contributed by atoms with Crippen molar-refractivity contribution in [3.8, 4) is 11.4 Å². The largest absolute Gasteiger partial charge is 0.374 e. The molecular weight excluding hydrogens is 396 g/mol. The molecule has 1 N–H and O–H groups in total. The molecule has 0 spiro atoms. The number of hydrogen-bond acceptors (Lipinski definition) is 8. The number of nitrogens with zero attached hydrogens (tertiary/aromatic N) is 7. The van der Waals surface area contributed by atoms with Crippen LogP contribution in [0.25, 0.3) is 22.6 Å². The predicted octanol–water partition coefficient (Wildman–Crippen LogP) is 1.80. The Morgan fingerprint density at radius 3 is 2.71 bits per heavy atom. The molecular formula is C21H26N8O2. The van der Waals surface area contributed by atoms with Gasteiger partial charge < -0.3 is 19.5 Å². The number of amides is 1. The molecule has 3 atom stereocenters. The third-order valence-electron chi connectivity index (χ3n) is 6.09. The number of ether oxygens (including phenoxy) is 1. The van der Waals surface area contributed by atoms with Gasteiger partial charge in [-0.15, -0.1) is 0 Å². The highest BCUT2D eigenvalue weighted by atomic mass is 16.5. The molecule has 0 saturated carbocycles. The molecule has 2 aliphatic heterocycles. The van der Waals surface area contributed by atoms with E-state index in [1.807, 2.05) is 30.2 Å². The van der Waals surface area contributed by atoms with Crippen molar-refractivity contribution >= 4 is 22.9 Å². The van der Waals surface area contributed by atoms with Crippen molar-refractivity contribution in [1.29, 1.82) is 0 Å². The first-order valence-corrected chi connectivity index (χ1v) is 10.8. The Labute approximate surface area is 180 Å². The average Bonchev–Trinajstić information content (AvgIpc) is 3.51. The number of imidazole rings is 1. The quantitative estimate of drug-likeness (QED) is 0.640. The van der Waals surface area contributed by atoms with Crippen LogP contribution in [0.1, 0.15) is 32.5 Å². The van der Waals surface area contributed by atoms with Gasteiger partial charge in [0, 0.05) is 25.5 Å². The zero-order valence-corrected chi connectivity index (χ0v) is 17.9. The third kappa shape index (κ3) is 3.40. The topological polar surface area (TPSA) is 111 Å². The van der Waals surface area contributed by atoms with Crippen LogP contribution in [0.4, 0.5) is 5.82 Å². The van der Waals surface area contributed by atoms with Gasteiger partial charge in [-0.2, -0.15) is 0 Å². The maximum Gasteiger partial charge on any atom is 0.245 e. The fourth-order valence-corrected chi connectivity index (χ4v) is 4.44. The summed E-state index contributed by atoms with van der Waals surface area (Å²) in [5, 5.41) is 3.34. The summed E-state index contributed by atoms with van der Waals surface area (Å²) in [6.45, 7) is 7.87. The summed E-state index contributed by atoms with van der Waals surface area (Å²) in [6, 6.07) is -0.193. The van der Waals surface area contributed by atoms with E-state index in [1.54, 1.807) is 12.4 Å². The van der Waals surface area contributed by atoms with Crippen LogP contribution < -0.4 is 5.32 Å². The zero-order valence-electron chi connectivity index (χ0n) is 17.9. The minimum atomic E-state index is -0.379. The number of nitrogens with one attached hydrogen (secondary N) is 1. The van der Waals surface area contributed by atoms with Crippen LogP contribution in [0.5, 0.6) is 0 Å². The van der Waals surface area contributed by atoms with Gasteiger partial charge in [0.05, 0.1) is 24.3 Å². The van der Waals surface area contributed by atoms with Crippen LogP contribution in [0.3, 0.4) is 0 Å². The molecule has 10 heteroatoms. The number of carbonyl (C=O) groups is 1. The van der Waals surface area contributed by atoms with E-state index in [0.29, 0.717) is 48.9 Å². The second kappa shape index (κ2) is 7.84. The maximum atomic E-state index is 13.2. The molecule has 10 nitrogen and oxygen atoms in total. The number of morpholine rings is 1. The van der Waals surface area contributed by atoms with Crippen molar-refractivity contribution in [3.05, 3.63) is 24.5 Å². The number of anilines is 1. The van der Waals surface area contributed by atoms with Gasteiger partial charge >= 0.3 is 0 Å². The second-order valence-electron chi connectivity index (χ2n) is 8.03. The average molecular weight is 422 g/mol. The van der Waals surface area contributed by atoms with Gasteiger partial charge in [0.2, 0.25) is 5.91 Å². The van der Waals surface area contributed by atoms with Gasteiger partial charge in [-0.25, -0.2) is 24.9 Å². The van der Waals surface area contributed by atoms with E-state index in [1.165, 1.54) is 6.33 Å². The summed E-state index contributed by atoms with van der Waals surface area (Å²) in [5.41, 5.74) is 2.16. The SMILES string of the molecule is CC[C@@H](Nc1ncnc2c1nc(-c1cnc(C)nc1)n2CC)C(=O)N1C[C@@H]2C[C@@H]1CO2. The van der Waals surface area contributed by atoms with Crippen LogP contribution in [0.2, 0.25) is 0 Å². The molecule has 3 aromatic heterocycles. The van der Waals surface area contributed by atoms with Gasteiger partial charge in [0.15, 0.2) is 17.0 Å². The van der Waals surface area contributed by atoms with Gasteiger partial charge in [-0.05, 0) is 26.7 Å². The molecule has 3 aromatic rings. The lowest BCUT2D eigenvalue weighted by Crippen LogP contribution is -2.48. The summed E-state index contributed by atoms with van der Waals surface area (Å²) in [6.07, 6.45) is 6.79. The summed E-state index contributed by atoms with van der Waals surface area (Å²) >= 11 is 0. The highest BCUT2D eigenvalue weighted by Crippen LogP contribution is 2.30. The van der Waals surface area contributed by atoms with Crippen LogP contribution in [0, 0.1) is 6.92 Å². The first-order valence-electron chi connectivity index (χ1n) is 10.8. The molecule has 0 aliphatic carbocycles. The second-order valence-corrected chi connectivity index (χ2v) is 8.03. The molecule has 1 amide bonds. The van der Waals surface area contributed by atoms with Gasteiger partial charge in [-0.3, -0.25) is 4.79 Å². The molecule has 0 aromatic carbocycles. The minimum Gasteiger partial charge on any atom is -0.374 e. The van der Waals surface area contributed by atoms with E-state index in [0.717, 1.165) is 17.8 Å². The normalized spacial score (nSPS) is 21.1. The smallest absolute Gasteiger partial charge is 0.245 e. The molecule has 5 heterocycles. The van der Waals surface area contributed by atoms with Crippen molar-refractivity contribution in [3.63, 3.8) is 0 Å². The number of fused-ring (bicyclic) bond motifs is 3. The Morgan fingerprint density at radius 2 is 2.06 bits per heavy atom. The minimum absolute atomic E-state index is 0.0899. The lowest BCUT2D eigenvalue weighted by atomic mass is 10.1. The summed E-state index contributed by atoms with van der Waals surface area (Å²) in [4.78, 5) is 37.5. The molecule has 2 fully saturated rings. The number of rotatable bonds is 6. The van der Waals surface area contributed by atoms with Crippen molar-refractivity contribution in [2.75, 3.05) is 18.5 Å². The van der Waals surface area contributed by atoms with Crippen LogP contribution in [-0.4, -0.2) is 71.6 Å². The highest BCUT2D eigenvalue weighted by molar-refractivity contribution is 5.90. The molecule has 0 radical (unpaired) electrons. The first-order chi connectivity index (χ1) is 15.1. The van der Waals surface area contributed by atoms with Crippen LogP contribution in [-0.2, 0) is 16.1 Å². The molecule has 2 bridgehead atoms. The van der Waals surface area contributed by atoms with Crippen LogP contribution >= 0.6 is 0 Å². The van der Waals surface area contributed by atoms with Gasteiger partial charge in [0.1, 0.15) is 24.0 Å². The van der Waals surface area contributed by atoms with Crippen molar-refractivity contribution in [1.82, 2.24) is 34.4 Å². The zero-order chi connectivity index (χ0) is 21.5. The maximum absolute atomic E-state index is 13.2. The van der Waals surface area contributed by atoms with Crippen molar-refractivity contribution in [2.24, 2.45) is 0 Å². The number of hydrogen-bond donors (Lipinski definition) is 1. The summed E-state index contributed by atoms with van der Waals surface area (Å²) in [7, 11) is 0. The van der Waals surface area contributed by atoms with Crippen molar-refractivity contribution < 1.29 is 9.53 Å². The molecule has 31 heavy (non-hydrogen) atoms. The first kappa shape index (κ1) is 19.8. The summed E-state index contributed by atoms with van der Waals surface area (Å²) < 4.78 is 7.65. The van der Waals surface area contributed by atoms with E-state index >= 15 is 0 Å². The molecule has 0 unspecified atom stereocenters. The summed E-state index contributed by atoms with van der Waals surface area (Å²) in [5.74, 6) is 2.09. The van der Waals surface area contributed by atoms with E-state index < -0.39 is 0 Å². The fourth-order valence-electron chi connectivity index (χ4n) is 4.44. The highest BCUT2D eigenvalue weighted by Gasteiger charge is 2.43. The van der Waals surface area contributed by atoms with E-state index in [9.17, 15) is 4.79 Å². The Hall–Kier alpha value is -3.14. The van der Waals surface area contributed by atoms with Gasteiger partial charge in [0.25, 0.3) is 0 Å². The Kier molecular flexibility index (Phi) is 5.01. The van der Waals surface area contributed by atoms with E-state index in [4.69, 9.17) is 9.72 Å². The molecule has 5 rings (SSSR count). The van der Waals surface area contributed by atoms with E-state index in [2.05, 4.69) is 25.3 Å². The molecule has 2 saturated heterocycles. The predicted molar refractivity (Wildman–Crippen MR) is 114 cm³/mol. The Bertz CT molecular complexity index is 1110. The van der Waals surface area contributed by atoms with E-state index in [-0.39, 0.29) is 24.1 Å². The number of aromatic nitrogens is 6. The Morgan fingerprint density at radius 1 is 1.26 bits per heavy atom. The number of aryl methyl sites for hydroxylation is 2. The monoisotopic (exact) mass is 422 g/mol. The van der Waals surface area contributed by atoms with Crippen molar-refractivity contribution in [2.45, 2.75) is 58.3 Å². The lowest BCUT2D eigenvalue weighted by Gasteiger charge is -2.30. The fraction of sp³-hybridized carbons (Fsp3) is 0.524. The molecule has 162 valence electrons. The standard InChI is InChI=1S/C21H26N8O2/c1-4-16(21(30)29-9-15-6-14(29)10-31-15)26-18-17-20(25-11-24-18)28(5-2)19(27-17)13-7-22-12(3)23-8-13/h7-8,11,14-16H,4-6,9-10H2,1-3H3,(H,24,25,26)/t14-,15+,16-/m1/s1. The number of likely N-dealkylation sites (tertiary alicyclic amines) is 1. The third-order valence-corrected chi connectivity index (χ3v) is 6.09. The van der Waals surface area contributed by atoms with Gasteiger partial charge in [-0.1, -0.05) is 6.92 Å². The Balaban J connectivity index is 1.48. The number of carbonyl (C=O) groups excluding carboxylic acids is 1. The molecule has 2 aliphatic rings.